The van der Waals surface area contributed by atoms with Crippen LogP contribution in [0.1, 0.15) is 12.0 Å². The quantitative estimate of drug-likeness (QED) is 0.584. The first-order valence-corrected chi connectivity index (χ1v) is 11.3. The van der Waals surface area contributed by atoms with Crippen molar-refractivity contribution >= 4 is 17.5 Å². The van der Waals surface area contributed by atoms with Crippen LogP contribution in [0.25, 0.3) is 0 Å². The average molecular weight is 446 g/mol. The van der Waals surface area contributed by atoms with Crippen molar-refractivity contribution in [2.45, 2.75) is 13.0 Å². The van der Waals surface area contributed by atoms with Crippen molar-refractivity contribution in [3.63, 3.8) is 0 Å². The maximum atomic E-state index is 13.1. The number of amides is 1. The van der Waals surface area contributed by atoms with Gasteiger partial charge < -0.3 is 14.7 Å². The number of piperazine rings is 1. The minimum absolute atomic E-state index is 0.0590. The third-order valence-corrected chi connectivity index (χ3v) is 6.36. The van der Waals surface area contributed by atoms with E-state index in [9.17, 15) is 9.59 Å². The Balaban J connectivity index is 1.17. The van der Waals surface area contributed by atoms with E-state index in [1.165, 1.54) is 4.68 Å². The fraction of sp³-hybridized carbons (Fsp3) is 0.375. The number of carbonyl (C=O) groups is 1. The highest BCUT2D eigenvalue weighted by Gasteiger charge is 2.33. The lowest BCUT2D eigenvalue weighted by Crippen LogP contribution is -2.51. The van der Waals surface area contributed by atoms with Gasteiger partial charge in [0.15, 0.2) is 0 Å². The van der Waals surface area contributed by atoms with Crippen molar-refractivity contribution in [1.29, 1.82) is 0 Å². The van der Waals surface area contributed by atoms with Crippen molar-refractivity contribution in [2.24, 2.45) is 5.92 Å². The molecule has 0 bridgehead atoms. The summed E-state index contributed by atoms with van der Waals surface area (Å²) in [6.45, 7) is 4.62. The number of aromatic nitrogens is 4. The predicted molar refractivity (Wildman–Crippen MR) is 125 cm³/mol. The van der Waals surface area contributed by atoms with Gasteiger partial charge in [-0.3, -0.25) is 9.59 Å². The average Bonchev–Trinajstić information content (AvgIpc) is 3.37. The molecule has 0 aliphatic carbocycles. The van der Waals surface area contributed by atoms with Crippen LogP contribution < -0.4 is 15.4 Å². The Labute approximate surface area is 192 Å². The van der Waals surface area contributed by atoms with Gasteiger partial charge in [-0.15, -0.1) is 0 Å². The molecular weight excluding hydrogens is 418 g/mol. The maximum Gasteiger partial charge on any atom is 0.269 e. The topological polar surface area (TPSA) is 87.5 Å². The van der Waals surface area contributed by atoms with Crippen LogP contribution >= 0.6 is 0 Å². The summed E-state index contributed by atoms with van der Waals surface area (Å²) in [6.07, 6.45) is 5.99. The zero-order chi connectivity index (χ0) is 22.6. The molecule has 0 spiro atoms. The van der Waals surface area contributed by atoms with Crippen molar-refractivity contribution in [3.05, 3.63) is 77.0 Å². The van der Waals surface area contributed by atoms with Crippen LogP contribution in [0.3, 0.4) is 0 Å². The summed E-state index contributed by atoms with van der Waals surface area (Å²) in [7, 11) is 0. The summed E-state index contributed by atoms with van der Waals surface area (Å²) in [5, 5.41) is 4.36. The molecule has 9 heteroatoms. The molecule has 2 aliphatic heterocycles. The standard InChI is InChI=1S/C24H27N7O2/c32-22-15-21(16-27-31(22)17-19-5-2-1-3-6-19)30-10-7-20(18-30)23(33)28-11-13-29(14-12-28)24-25-8-4-9-26-24/h1-6,8-9,15-16,20H,7,10-14,17-18H2. The van der Waals surface area contributed by atoms with Crippen LogP contribution in [-0.4, -0.2) is 69.8 Å². The second kappa shape index (κ2) is 9.40. The summed E-state index contributed by atoms with van der Waals surface area (Å²) in [6, 6.07) is 13.2. The Bertz CT molecular complexity index is 1140. The fourth-order valence-electron chi connectivity index (χ4n) is 4.51. The molecule has 1 aromatic carbocycles. The molecule has 2 fully saturated rings. The van der Waals surface area contributed by atoms with Gasteiger partial charge in [0.2, 0.25) is 11.9 Å². The molecule has 2 aliphatic rings. The van der Waals surface area contributed by atoms with E-state index in [0.717, 1.165) is 37.3 Å². The predicted octanol–water partition coefficient (Wildman–Crippen LogP) is 1.26. The minimum atomic E-state index is -0.134. The molecule has 0 radical (unpaired) electrons. The van der Waals surface area contributed by atoms with E-state index in [0.29, 0.717) is 32.1 Å². The lowest BCUT2D eigenvalue weighted by Gasteiger charge is -2.35. The first-order chi connectivity index (χ1) is 16.2. The van der Waals surface area contributed by atoms with Crippen LogP contribution in [-0.2, 0) is 11.3 Å². The van der Waals surface area contributed by atoms with E-state index >= 15 is 0 Å². The van der Waals surface area contributed by atoms with E-state index < -0.39 is 0 Å². The van der Waals surface area contributed by atoms with Crippen LogP contribution in [0.4, 0.5) is 11.6 Å². The number of hydrogen-bond acceptors (Lipinski definition) is 7. The number of carbonyl (C=O) groups excluding carboxylic acids is 1. The number of nitrogens with zero attached hydrogens (tertiary/aromatic N) is 7. The molecule has 3 aromatic rings. The van der Waals surface area contributed by atoms with Gasteiger partial charge in [0.25, 0.3) is 5.56 Å². The zero-order valence-electron chi connectivity index (χ0n) is 18.5. The number of hydrogen-bond donors (Lipinski definition) is 0. The van der Waals surface area contributed by atoms with Gasteiger partial charge in [0.05, 0.1) is 24.3 Å². The second-order valence-electron chi connectivity index (χ2n) is 8.49. The van der Waals surface area contributed by atoms with Gasteiger partial charge >= 0.3 is 0 Å². The molecule has 9 nitrogen and oxygen atoms in total. The molecule has 0 saturated carbocycles. The number of anilines is 2. The largest absolute Gasteiger partial charge is 0.369 e. The minimum Gasteiger partial charge on any atom is -0.369 e. The molecule has 1 atom stereocenters. The summed E-state index contributed by atoms with van der Waals surface area (Å²) in [4.78, 5) is 40.5. The molecule has 0 N–H and O–H groups in total. The van der Waals surface area contributed by atoms with Crippen LogP contribution in [0.5, 0.6) is 0 Å². The van der Waals surface area contributed by atoms with E-state index in [-0.39, 0.29) is 17.4 Å². The third kappa shape index (κ3) is 4.72. The Morgan fingerprint density at radius 1 is 0.939 bits per heavy atom. The highest BCUT2D eigenvalue weighted by molar-refractivity contribution is 5.80. The second-order valence-corrected chi connectivity index (χ2v) is 8.49. The van der Waals surface area contributed by atoms with Gasteiger partial charge in [0, 0.05) is 57.7 Å². The van der Waals surface area contributed by atoms with E-state index in [1.54, 1.807) is 30.7 Å². The third-order valence-electron chi connectivity index (χ3n) is 6.36. The van der Waals surface area contributed by atoms with E-state index in [4.69, 9.17) is 0 Å². The molecule has 1 unspecified atom stereocenters. The summed E-state index contributed by atoms with van der Waals surface area (Å²) >= 11 is 0. The molecule has 33 heavy (non-hydrogen) atoms. The lowest BCUT2D eigenvalue weighted by molar-refractivity contribution is -0.135. The van der Waals surface area contributed by atoms with Gasteiger partial charge in [-0.25, -0.2) is 14.6 Å². The van der Waals surface area contributed by atoms with Gasteiger partial charge in [-0.05, 0) is 18.1 Å². The molecule has 2 aromatic heterocycles. The fourth-order valence-corrected chi connectivity index (χ4v) is 4.51. The van der Waals surface area contributed by atoms with Crippen LogP contribution in [0.2, 0.25) is 0 Å². The SMILES string of the molecule is O=C(C1CCN(c2cnn(Cc3ccccc3)c(=O)c2)C1)N1CCN(c2ncccn2)CC1. The molecule has 1 amide bonds. The highest BCUT2D eigenvalue weighted by atomic mass is 16.2. The first-order valence-electron chi connectivity index (χ1n) is 11.3. The zero-order valence-corrected chi connectivity index (χ0v) is 18.5. The van der Waals surface area contributed by atoms with Gasteiger partial charge in [-0.2, -0.15) is 5.10 Å². The number of benzene rings is 1. The maximum absolute atomic E-state index is 13.1. The summed E-state index contributed by atoms with van der Waals surface area (Å²) in [5.74, 6) is 0.846. The molecule has 170 valence electrons. The molecule has 5 rings (SSSR count). The Morgan fingerprint density at radius 2 is 1.70 bits per heavy atom. The first kappa shape index (κ1) is 21.1. The highest BCUT2D eigenvalue weighted by Crippen LogP contribution is 2.24. The van der Waals surface area contributed by atoms with Crippen molar-refractivity contribution < 1.29 is 4.79 Å². The van der Waals surface area contributed by atoms with Crippen LogP contribution in [0, 0.1) is 5.92 Å². The van der Waals surface area contributed by atoms with E-state index in [1.807, 2.05) is 35.2 Å². The van der Waals surface area contributed by atoms with Crippen molar-refractivity contribution in [1.82, 2.24) is 24.6 Å². The van der Waals surface area contributed by atoms with Gasteiger partial charge in [-0.1, -0.05) is 30.3 Å². The monoisotopic (exact) mass is 445 g/mol. The lowest BCUT2D eigenvalue weighted by atomic mass is 10.1. The van der Waals surface area contributed by atoms with Gasteiger partial charge in [0.1, 0.15) is 0 Å². The smallest absolute Gasteiger partial charge is 0.269 e. The van der Waals surface area contributed by atoms with E-state index in [2.05, 4.69) is 24.9 Å². The van der Waals surface area contributed by atoms with Crippen LogP contribution in [0.15, 0.2) is 65.8 Å². The summed E-state index contributed by atoms with van der Waals surface area (Å²) in [5.41, 5.74) is 1.68. The number of rotatable bonds is 5. The Hall–Kier alpha value is -3.75. The Kier molecular flexibility index (Phi) is 6.01. The summed E-state index contributed by atoms with van der Waals surface area (Å²) < 4.78 is 1.47. The van der Waals surface area contributed by atoms with Crippen molar-refractivity contribution in [2.75, 3.05) is 49.1 Å². The molecular formula is C24H27N7O2. The van der Waals surface area contributed by atoms with Crippen molar-refractivity contribution in [3.8, 4) is 0 Å². The Morgan fingerprint density at radius 3 is 2.42 bits per heavy atom. The molecule has 4 heterocycles. The molecule has 2 saturated heterocycles. The normalized spacial score (nSPS) is 18.5.